The smallest absolute Gasteiger partial charge is 0.327 e. The maximum atomic E-state index is 12.0. The van der Waals surface area contributed by atoms with Crippen LogP contribution in [0.2, 0.25) is 10.0 Å². The number of carbonyl (C=O) groups excluding carboxylic acids is 3. The second-order valence-corrected chi connectivity index (χ2v) is 6.29. The molecule has 27 heavy (non-hydrogen) atoms. The topological polar surface area (TPSA) is 96.5 Å². The van der Waals surface area contributed by atoms with Crippen molar-refractivity contribution < 1.29 is 19.1 Å². The minimum atomic E-state index is -1.00. The standard InChI is InChI=1S/C18H17Cl2N3O4/c1-11(27-15-8-7-13(19)9-14(15)20)16(24)22-23-18(26)17(25)21-10-12-5-3-2-4-6-12/h2-9,11H,10H2,1H3,(H,21,25)(H,22,24)(H,23,26). The number of hydrogen-bond donors (Lipinski definition) is 3. The number of rotatable bonds is 5. The van der Waals surface area contributed by atoms with Crippen LogP contribution in [0.1, 0.15) is 12.5 Å². The van der Waals surface area contributed by atoms with Crippen LogP contribution >= 0.6 is 23.2 Å². The van der Waals surface area contributed by atoms with Crippen molar-refractivity contribution in [2.75, 3.05) is 0 Å². The molecule has 1 unspecified atom stereocenters. The van der Waals surface area contributed by atoms with Crippen LogP contribution in [0.15, 0.2) is 48.5 Å². The van der Waals surface area contributed by atoms with E-state index in [9.17, 15) is 14.4 Å². The number of amides is 3. The number of hydrazine groups is 1. The normalized spacial score (nSPS) is 11.2. The van der Waals surface area contributed by atoms with Gasteiger partial charge in [0.2, 0.25) is 0 Å². The maximum absolute atomic E-state index is 12.0. The molecule has 1 atom stereocenters. The van der Waals surface area contributed by atoms with E-state index in [2.05, 4.69) is 10.7 Å². The monoisotopic (exact) mass is 409 g/mol. The molecule has 7 nitrogen and oxygen atoms in total. The highest BCUT2D eigenvalue weighted by atomic mass is 35.5. The summed E-state index contributed by atoms with van der Waals surface area (Å²) < 4.78 is 5.41. The van der Waals surface area contributed by atoms with E-state index in [-0.39, 0.29) is 17.3 Å². The van der Waals surface area contributed by atoms with Crippen LogP contribution in [0.5, 0.6) is 5.75 Å². The van der Waals surface area contributed by atoms with E-state index in [1.54, 1.807) is 18.2 Å². The summed E-state index contributed by atoms with van der Waals surface area (Å²) in [5.74, 6) is -2.29. The zero-order chi connectivity index (χ0) is 19.8. The van der Waals surface area contributed by atoms with Gasteiger partial charge in [0.05, 0.1) is 5.02 Å². The summed E-state index contributed by atoms with van der Waals surface area (Å²) in [5, 5.41) is 3.11. The molecule has 142 valence electrons. The average molecular weight is 410 g/mol. The Morgan fingerprint density at radius 3 is 2.37 bits per heavy atom. The summed E-state index contributed by atoms with van der Waals surface area (Å²) in [6.07, 6.45) is -0.976. The van der Waals surface area contributed by atoms with Crippen LogP contribution in [0.4, 0.5) is 0 Å². The molecule has 2 aromatic carbocycles. The number of hydrogen-bond acceptors (Lipinski definition) is 4. The van der Waals surface area contributed by atoms with Crippen molar-refractivity contribution in [1.82, 2.24) is 16.2 Å². The third-order valence-electron chi connectivity index (χ3n) is 3.37. The molecule has 0 aliphatic heterocycles. The van der Waals surface area contributed by atoms with Gasteiger partial charge in [-0.3, -0.25) is 25.2 Å². The number of halogens is 2. The van der Waals surface area contributed by atoms with Crippen molar-refractivity contribution in [2.45, 2.75) is 19.6 Å². The summed E-state index contributed by atoms with van der Waals surface area (Å²) in [6.45, 7) is 1.65. The average Bonchev–Trinajstić information content (AvgIpc) is 2.66. The van der Waals surface area contributed by atoms with Gasteiger partial charge in [-0.25, -0.2) is 0 Å². The largest absolute Gasteiger partial charge is 0.479 e. The molecule has 0 fully saturated rings. The van der Waals surface area contributed by atoms with Crippen LogP contribution in [0, 0.1) is 0 Å². The van der Waals surface area contributed by atoms with Gasteiger partial charge >= 0.3 is 11.8 Å². The molecular weight excluding hydrogens is 393 g/mol. The van der Waals surface area contributed by atoms with Crippen molar-refractivity contribution in [3.05, 3.63) is 64.1 Å². The highest BCUT2D eigenvalue weighted by Crippen LogP contribution is 2.28. The van der Waals surface area contributed by atoms with Crippen molar-refractivity contribution in [2.24, 2.45) is 0 Å². The molecule has 0 saturated heterocycles. The molecule has 0 bridgehead atoms. The fourth-order valence-electron chi connectivity index (χ4n) is 1.95. The Labute approximate surface area is 166 Å². The van der Waals surface area contributed by atoms with E-state index >= 15 is 0 Å². The summed E-state index contributed by atoms with van der Waals surface area (Å²) in [4.78, 5) is 35.4. The molecular formula is C18H17Cl2N3O4. The van der Waals surface area contributed by atoms with E-state index in [4.69, 9.17) is 27.9 Å². The Morgan fingerprint density at radius 2 is 1.70 bits per heavy atom. The van der Waals surface area contributed by atoms with Gasteiger partial charge in [-0.15, -0.1) is 0 Å². The van der Waals surface area contributed by atoms with Gasteiger partial charge in [0.1, 0.15) is 5.75 Å². The molecule has 0 spiro atoms. The van der Waals surface area contributed by atoms with Crippen molar-refractivity contribution in [3.63, 3.8) is 0 Å². The first-order valence-corrected chi connectivity index (χ1v) is 8.66. The number of benzene rings is 2. The Balaban J connectivity index is 1.77. The van der Waals surface area contributed by atoms with Gasteiger partial charge in [-0.05, 0) is 30.7 Å². The van der Waals surface area contributed by atoms with E-state index < -0.39 is 23.8 Å². The SMILES string of the molecule is CC(Oc1ccc(Cl)cc1Cl)C(=O)NNC(=O)C(=O)NCc1ccccc1. The van der Waals surface area contributed by atoms with E-state index in [1.165, 1.54) is 19.1 Å². The Morgan fingerprint density at radius 1 is 1.00 bits per heavy atom. The lowest BCUT2D eigenvalue weighted by molar-refractivity contribution is -0.141. The molecule has 2 aromatic rings. The number of carbonyl (C=O) groups is 3. The molecule has 2 rings (SSSR count). The maximum Gasteiger partial charge on any atom is 0.327 e. The Bertz CT molecular complexity index is 831. The first-order chi connectivity index (χ1) is 12.9. The van der Waals surface area contributed by atoms with Crippen LogP contribution in [0.3, 0.4) is 0 Å². The number of nitrogens with one attached hydrogen (secondary N) is 3. The van der Waals surface area contributed by atoms with Crippen molar-refractivity contribution in [1.29, 1.82) is 0 Å². The third kappa shape index (κ3) is 6.47. The van der Waals surface area contributed by atoms with Gasteiger partial charge < -0.3 is 10.1 Å². The predicted octanol–water partition coefficient (Wildman–Crippen LogP) is 2.22. The second-order valence-electron chi connectivity index (χ2n) is 5.45. The van der Waals surface area contributed by atoms with Gasteiger partial charge in [-0.2, -0.15) is 0 Å². The zero-order valence-corrected chi connectivity index (χ0v) is 15.8. The van der Waals surface area contributed by atoms with Gasteiger partial charge in [0.15, 0.2) is 6.10 Å². The van der Waals surface area contributed by atoms with Crippen LogP contribution in [-0.2, 0) is 20.9 Å². The fourth-order valence-corrected chi connectivity index (χ4v) is 2.40. The highest BCUT2D eigenvalue weighted by Gasteiger charge is 2.19. The summed E-state index contributed by atoms with van der Waals surface area (Å²) >= 11 is 11.8. The molecule has 0 radical (unpaired) electrons. The van der Waals surface area contributed by atoms with Crippen molar-refractivity contribution in [3.8, 4) is 5.75 Å². The lowest BCUT2D eigenvalue weighted by Crippen LogP contribution is -2.51. The quantitative estimate of drug-likeness (QED) is 0.520. The Kier molecular flexibility index (Phi) is 7.45. The molecule has 0 aromatic heterocycles. The predicted molar refractivity (Wildman–Crippen MR) is 101 cm³/mol. The fraction of sp³-hybridized carbons (Fsp3) is 0.167. The lowest BCUT2D eigenvalue weighted by atomic mass is 10.2. The van der Waals surface area contributed by atoms with E-state index in [1.807, 2.05) is 23.6 Å². The molecule has 0 aliphatic carbocycles. The second kappa shape index (κ2) is 9.80. The highest BCUT2D eigenvalue weighted by molar-refractivity contribution is 6.35. The molecule has 0 heterocycles. The Hall–Kier alpha value is -2.77. The molecule has 0 saturated carbocycles. The zero-order valence-electron chi connectivity index (χ0n) is 14.3. The summed E-state index contributed by atoms with van der Waals surface area (Å²) in [7, 11) is 0. The van der Waals surface area contributed by atoms with Crippen LogP contribution in [-0.4, -0.2) is 23.8 Å². The van der Waals surface area contributed by atoms with Gasteiger partial charge in [-0.1, -0.05) is 53.5 Å². The first-order valence-electron chi connectivity index (χ1n) is 7.90. The summed E-state index contributed by atoms with van der Waals surface area (Å²) in [5.41, 5.74) is 4.98. The van der Waals surface area contributed by atoms with Crippen molar-refractivity contribution >= 4 is 40.9 Å². The van der Waals surface area contributed by atoms with Gasteiger partial charge in [0, 0.05) is 11.6 Å². The van der Waals surface area contributed by atoms with Crippen LogP contribution < -0.4 is 20.9 Å². The minimum absolute atomic E-state index is 0.190. The lowest BCUT2D eigenvalue weighted by Gasteiger charge is -2.16. The molecule has 9 heteroatoms. The first kappa shape index (κ1) is 20.5. The molecule has 0 aliphatic rings. The molecule has 3 N–H and O–H groups in total. The van der Waals surface area contributed by atoms with E-state index in [0.717, 1.165) is 5.56 Å². The number of ether oxygens (including phenoxy) is 1. The molecule has 3 amide bonds. The third-order valence-corrected chi connectivity index (χ3v) is 3.90. The van der Waals surface area contributed by atoms with E-state index in [0.29, 0.717) is 5.02 Å². The van der Waals surface area contributed by atoms with Gasteiger partial charge in [0.25, 0.3) is 5.91 Å². The minimum Gasteiger partial charge on any atom is -0.479 e. The summed E-state index contributed by atoms with van der Waals surface area (Å²) in [6, 6.07) is 13.6. The van der Waals surface area contributed by atoms with Crippen LogP contribution in [0.25, 0.3) is 0 Å².